The van der Waals surface area contributed by atoms with Gasteiger partial charge in [-0.15, -0.1) is 5.10 Å². The lowest BCUT2D eigenvalue weighted by atomic mass is 9.86. The van der Waals surface area contributed by atoms with Crippen molar-refractivity contribution in [2.75, 3.05) is 13.7 Å². The van der Waals surface area contributed by atoms with Crippen molar-refractivity contribution in [3.05, 3.63) is 39.2 Å². The van der Waals surface area contributed by atoms with Crippen LogP contribution in [0.3, 0.4) is 0 Å². The predicted molar refractivity (Wildman–Crippen MR) is 121 cm³/mol. The first-order chi connectivity index (χ1) is 13.7. The maximum Gasteiger partial charge on any atom is 0.189 e. The molecule has 0 spiro atoms. The van der Waals surface area contributed by atoms with Gasteiger partial charge in [-0.25, -0.2) is 0 Å². The molecule has 0 saturated heterocycles. The molecule has 1 aliphatic rings. The van der Waals surface area contributed by atoms with Crippen LogP contribution in [0.5, 0.6) is 5.75 Å². The van der Waals surface area contributed by atoms with Crippen LogP contribution in [0.1, 0.15) is 30.7 Å². The van der Waals surface area contributed by atoms with Gasteiger partial charge in [-0.1, -0.05) is 12.1 Å². The van der Waals surface area contributed by atoms with Crippen molar-refractivity contribution in [3.8, 4) is 5.75 Å². The van der Waals surface area contributed by atoms with Gasteiger partial charge >= 0.3 is 0 Å². The summed E-state index contributed by atoms with van der Waals surface area (Å²) in [5.41, 5.74) is 1.85. The second kappa shape index (κ2) is 9.42. The first kappa shape index (κ1) is 22.7. The van der Waals surface area contributed by atoms with Crippen molar-refractivity contribution in [1.29, 1.82) is 0 Å². The molecular weight excluding hydrogens is 501 g/mol. The Labute approximate surface area is 186 Å². The van der Waals surface area contributed by atoms with Gasteiger partial charge in [-0.3, -0.25) is 4.68 Å². The van der Waals surface area contributed by atoms with Crippen LogP contribution in [0.15, 0.2) is 24.4 Å². The smallest absolute Gasteiger partial charge is 0.189 e. The standard InChI is InChI=1S/C20H30IN3O4Si/c1-13-19(27-2)16-11-14(21)5-6-17(16)28-20(13)18(29(3,4)26)7-9-24-12-15(8-10-25)22-23-24/h5-6,11-13,18-20,25-26H,7-10H2,1-4H3/t13-,18?,19-,20-/m1/s1. The van der Waals surface area contributed by atoms with E-state index in [0.29, 0.717) is 13.0 Å². The zero-order valence-electron chi connectivity index (χ0n) is 17.4. The minimum Gasteiger partial charge on any atom is -0.490 e. The summed E-state index contributed by atoms with van der Waals surface area (Å²) >= 11 is 2.30. The molecule has 1 aromatic heterocycles. The number of aliphatic hydroxyl groups is 1. The van der Waals surface area contributed by atoms with Crippen molar-refractivity contribution in [2.45, 2.75) is 57.2 Å². The zero-order valence-corrected chi connectivity index (χ0v) is 20.5. The number of halogens is 1. The molecule has 3 rings (SSSR count). The summed E-state index contributed by atoms with van der Waals surface area (Å²) in [4.78, 5) is 11.1. The number of aryl methyl sites for hydroxylation is 1. The lowest BCUT2D eigenvalue weighted by Crippen LogP contribution is -2.48. The van der Waals surface area contributed by atoms with E-state index in [9.17, 15) is 4.80 Å². The summed E-state index contributed by atoms with van der Waals surface area (Å²) in [6.07, 6.45) is 2.89. The van der Waals surface area contributed by atoms with E-state index in [4.69, 9.17) is 14.6 Å². The van der Waals surface area contributed by atoms with Gasteiger partial charge in [0.25, 0.3) is 0 Å². The Morgan fingerprint density at radius 3 is 2.79 bits per heavy atom. The van der Waals surface area contributed by atoms with Crippen molar-refractivity contribution >= 4 is 30.9 Å². The van der Waals surface area contributed by atoms with Gasteiger partial charge < -0.3 is 19.4 Å². The Morgan fingerprint density at radius 2 is 2.14 bits per heavy atom. The molecule has 160 valence electrons. The molecule has 2 aromatic rings. The third-order valence-corrected chi connectivity index (χ3v) is 8.82. The summed E-state index contributed by atoms with van der Waals surface area (Å²) in [6.45, 7) is 6.78. The number of ether oxygens (including phenoxy) is 2. The number of benzene rings is 1. The lowest BCUT2D eigenvalue weighted by molar-refractivity contribution is -0.0248. The van der Waals surface area contributed by atoms with Gasteiger partial charge in [0.2, 0.25) is 0 Å². The Morgan fingerprint density at radius 1 is 1.38 bits per heavy atom. The Kier molecular flexibility index (Phi) is 7.36. The molecule has 29 heavy (non-hydrogen) atoms. The largest absolute Gasteiger partial charge is 0.490 e. The molecule has 1 aliphatic heterocycles. The molecule has 1 unspecified atom stereocenters. The molecule has 1 aromatic carbocycles. The molecule has 0 radical (unpaired) electrons. The highest BCUT2D eigenvalue weighted by molar-refractivity contribution is 14.1. The maximum atomic E-state index is 11.1. The van der Waals surface area contributed by atoms with Crippen LogP contribution in [0.4, 0.5) is 0 Å². The first-order valence-corrected chi connectivity index (χ1v) is 14.1. The van der Waals surface area contributed by atoms with Gasteiger partial charge in [0, 0.05) is 53.5 Å². The van der Waals surface area contributed by atoms with Crippen LogP contribution in [0.25, 0.3) is 0 Å². The molecule has 0 amide bonds. The number of hydrogen-bond donors (Lipinski definition) is 2. The number of nitrogens with zero attached hydrogens (tertiary/aromatic N) is 3. The molecule has 4 atom stereocenters. The SMILES string of the molecule is CO[C@H]1c2cc(I)ccc2O[C@@H](C(CCn2cc(CCO)nn2)[Si](C)(C)O)[C@@H]1C. The Bertz CT molecular complexity index is 826. The second-order valence-electron chi connectivity index (χ2n) is 8.28. The van der Waals surface area contributed by atoms with Crippen LogP contribution in [-0.4, -0.2) is 53.0 Å². The van der Waals surface area contributed by atoms with E-state index in [2.05, 4.69) is 45.9 Å². The summed E-state index contributed by atoms with van der Waals surface area (Å²) < 4.78 is 15.3. The summed E-state index contributed by atoms with van der Waals surface area (Å²) in [5.74, 6) is 0.949. The van der Waals surface area contributed by atoms with Crippen LogP contribution < -0.4 is 4.74 Å². The highest BCUT2D eigenvalue weighted by Gasteiger charge is 2.46. The molecule has 9 heteroatoms. The lowest BCUT2D eigenvalue weighted by Gasteiger charge is -2.43. The summed E-state index contributed by atoms with van der Waals surface area (Å²) in [5, 5.41) is 17.3. The normalized spacial score (nSPS) is 22.8. The minimum atomic E-state index is -2.54. The fourth-order valence-electron chi connectivity index (χ4n) is 4.22. The molecule has 0 fully saturated rings. The van der Waals surface area contributed by atoms with Gasteiger partial charge in [-0.2, -0.15) is 0 Å². The number of hydrogen-bond acceptors (Lipinski definition) is 6. The number of rotatable bonds is 8. The summed E-state index contributed by atoms with van der Waals surface area (Å²) in [7, 11) is -0.798. The van der Waals surface area contributed by atoms with E-state index >= 15 is 0 Å². The van der Waals surface area contributed by atoms with E-state index in [-0.39, 0.29) is 30.3 Å². The Balaban J connectivity index is 1.83. The second-order valence-corrected chi connectivity index (χ2v) is 13.6. The van der Waals surface area contributed by atoms with Gasteiger partial charge in [0.1, 0.15) is 11.9 Å². The predicted octanol–water partition coefficient (Wildman–Crippen LogP) is 3.16. The number of fused-ring (bicyclic) bond motifs is 1. The van der Waals surface area contributed by atoms with E-state index in [1.165, 1.54) is 0 Å². The van der Waals surface area contributed by atoms with Gasteiger partial charge in [0.15, 0.2) is 8.32 Å². The monoisotopic (exact) mass is 531 g/mol. The van der Waals surface area contributed by atoms with E-state index in [1.54, 1.807) is 11.8 Å². The molecular formula is C20H30IN3O4Si. The third-order valence-electron chi connectivity index (χ3n) is 5.72. The zero-order chi connectivity index (χ0) is 21.2. The van der Waals surface area contributed by atoms with Crippen LogP contribution in [0.2, 0.25) is 18.6 Å². The van der Waals surface area contributed by atoms with E-state index < -0.39 is 8.32 Å². The van der Waals surface area contributed by atoms with Crippen LogP contribution >= 0.6 is 22.6 Å². The van der Waals surface area contributed by atoms with Gasteiger partial charge in [-0.05, 0) is 60.3 Å². The van der Waals surface area contributed by atoms with Crippen LogP contribution in [-0.2, 0) is 17.7 Å². The topological polar surface area (TPSA) is 89.6 Å². The molecule has 2 heterocycles. The van der Waals surface area contributed by atoms with Crippen molar-refractivity contribution in [3.63, 3.8) is 0 Å². The molecule has 0 saturated carbocycles. The fraction of sp³-hybridized carbons (Fsp3) is 0.600. The summed E-state index contributed by atoms with van der Waals surface area (Å²) in [6, 6.07) is 6.16. The van der Waals surface area contributed by atoms with Gasteiger partial charge in [0.05, 0.1) is 11.8 Å². The maximum absolute atomic E-state index is 11.1. The number of aromatic nitrogens is 3. The number of methoxy groups -OCH3 is 1. The third kappa shape index (κ3) is 5.19. The molecule has 2 N–H and O–H groups in total. The highest BCUT2D eigenvalue weighted by atomic mass is 127. The number of aliphatic hydroxyl groups excluding tert-OH is 1. The average molecular weight is 531 g/mol. The van der Waals surface area contributed by atoms with Crippen molar-refractivity contribution < 1.29 is 19.4 Å². The van der Waals surface area contributed by atoms with Crippen molar-refractivity contribution in [1.82, 2.24) is 15.0 Å². The molecule has 0 bridgehead atoms. The average Bonchev–Trinajstić information content (AvgIpc) is 3.09. The van der Waals surface area contributed by atoms with Crippen LogP contribution in [0, 0.1) is 9.49 Å². The van der Waals surface area contributed by atoms with Crippen molar-refractivity contribution in [2.24, 2.45) is 5.92 Å². The fourth-order valence-corrected chi connectivity index (χ4v) is 6.74. The van der Waals surface area contributed by atoms with E-state index in [0.717, 1.165) is 27.0 Å². The minimum absolute atomic E-state index is 0.00747. The Hall–Kier alpha value is -1.01. The highest BCUT2D eigenvalue weighted by Crippen LogP contribution is 2.46. The molecule has 0 aliphatic carbocycles. The first-order valence-electron chi connectivity index (χ1n) is 9.95. The quantitative estimate of drug-likeness (QED) is 0.402. The molecule has 7 nitrogen and oxygen atoms in total. The van der Waals surface area contributed by atoms with E-state index in [1.807, 2.05) is 31.4 Å².